The van der Waals surface area contributed by atoms with Crippen molar-refractivity contribution < 1.29 is 13.2 Å². The van der Waals surface area contributed by atoms with Gasteiger partial charge < -0.3 is 4.90 Å². The fourth-order valence-electron chi connectivity index (χ4n) is 2.92. The van der Waals surface area contributed by atoms with Gasteiger partial charge in [-0.25, -0.2) is 13.4 Å². The number of carbonyl (C=O) groups excluding carboxylic acids is 1. The van der Waals surface area contributed by atoms with Gasteiger partial charge in [0.2, 0.25) is 5.91 Å². The summed E-state index contributed by atoms with van der Waals surface area (Å²) >= 11 is 8.90. The Balaban J connectivity index is 1.66. The third-order valence-electron chi connectivity index (χ3n) is 4.08. The van der Waals surface area contributed by atoms with E-state index in [1.54, 1.807) is 4.90 Å². The second kappa shape index (κ2) is 7.82. The Morgan fingerprint density at radius 3 is 2.96 bits per heavy atom. The van der Waals surface area contributed by atoms with E-state index >= 15 is 0 Å². The van der Waals surface area contributed by atoms with Gasteiger partial charge in [-0.2, -0.15) is 0 Å². The largest absolute Gasteiger partial charge is 0.338 e. The Morgan fingerprint density at radius 2 is 2.28 bits per heavy atom. The number of benzene rings is 1. The highest BCUT2D eigenvalue weighted by atomic mass is 35.5. The monoisotopic (exact) mass is 418 g/mol. The molecule has 2 heterocycles. The molecule has 1 amide bonds. The molecule has 0 aliphatic carbocycles. The molecule has 1 aromatic carbocycles. The van der Waals surface area contributed by atoms with Crippen molar-refractivity contribution in [3.8, 4) is 0 Å². The Labute approximate surface area is 160 Å². The number of hydrogen-bond donors (Lipinski definition) is 0. The summed E-state index contributed by atoms with van der Waals surface area (Å²) in [6.07, 6.45) is 1.35. The normalized spacial score (nSPS) is 19.4. The molecule has 136 valence electrons. The molecule has 0 radical (unpaired) electrons. The first kappa shape index (κ1) is 18.9. The molecule has 1 atom stereocenters. The molecule has 0 saturated carbocycles. The molecule has 1 aromatic heterocycles. The zero-order valence-electron chi connectivity index (χ0n) is 13.8. The first-order valence-electron chi connectivity index (χ1n) is 8.07. The van der Waals surface area contributed by atoms with E-state index in [9.17, 15) is 13.2 Å². The molecule has 5 nitrogen and oxygen atoms in total. The highest BCUT2D eigenvalue weighted by Gasteiger charge is 2.34. The van der Waals surface area contributed by atoms with Gasteiger partial charge in [-0.05, 0) is 31.0 Å². The first-order chi connectivity index (χ1) is 11.9. The molecule has 0 bridgehead atoms. The highest BCUT2D eigenvalue weighted by molar-refractivity contribution is 8.01. The summed E-state index contributed by atoms with van der Waals surface area (Å²) in [5.74, 6) is 0.510. The van der Waals surface area contributed by atoms with Crippen LogP contribution in [0.25, 0.3) is 10.2 Å². The van der Waals surface area contributed by atoms with Crippen molar-refractivity contribution in [2.24, 2.45) is 0 Å². The van der Waals surface area contributed by atoms with Crippen LogP contribution in [0.5, 0.6) is 0 Å². The minimum Gasteiger partial charge on any atom is -0.338 e. The Bertz CT molecular complexity index is 882. The lowest BCUT2D eigenvalue weighted by Crippen LogP contribution is -2.42. The third-order valence-corrected chi connectivity index (χ3v) is 8.23. The van der Waals surface area contributed by atoms with Gasteiger partial charge in [0.15, 0.2) is 14.2 Å². The Kier molecular flexibility index (Phi) is 5.92. The zero-order valence-corrected chi connectivity index (χ0v) is 17.0. The van der Waals surface area contributed by atoms with Crippen molar-refractivity contribution in [2.45, 2.75) is 30.1 Å². The summed E-state index contributed by atoms with van der Waals surface area (Å²) in [5.41, 5.74) is 0.833. The fourth-order valence-corrected chi connectivity index (χ4v) is 6.75. The molecule has 1 aliphatic rings. The number of hydrogen-bond acceptors (Lipinski definition) is 6. The van der Waals surface area contributed by atoms with E-state index in [0.717, 1.165) is 21.0 Å². The number of fused-ring (bicyclic) bond motifs is 1. The lowest BCUT2D eigenvalue weighted by Gasteiger charge is -2.27. The van der Waals surface area contributed by atoms with Gasteiger partial charge in [-0.15, -0.1) is 11.3 Å². The van der Waals surface area contributed by atoms with Gasteiger partial charge >= 0.3 is 0 Å². The van der Waals surface area contributed by atoms with Crippen LogP contribution in [-0.2, 0) is 14.6 Å². The smallest absolute Gasteiger partial charge is 0.233 e. The Hall–Kier alpha value is -0.830. The average Bonchev–Trinajstić information content (AvgIpc) is 3.12. The number of rotatable bonds is 6. The third kappa shape index (κ3) is 4.67. The first-order valence-corrected chi connectivity index (χ1v) is 12.1. The summed E-state index contributed by atoms with van der Waals surface area (Å²) in [4.78, 5) is 18.9. The molecular weight excluding hydrogens is 400 g/mol. The number of halogens is 1. The van der Waals surface area contributed by atoms with Gasteiger partial charge in [-0.3, -0.25) is 4.79 Å². The van der Waals surface area contributed by atoms with Gasteiger partial charge in [0.05, 0.1) is 27.5 Å². The van der Waals surface area contributed by atoms with Gasteiger partial charge in [0.1, 0.15) is 0 Å². The summed E-state index contributed by atoms with van der Waals surface area (Å²) < 4.78 is 25.3. The molecule has 1 aliphatic heterocycles. The maximum atomic E-state index is 12.6. The van der Waals surface area contributed by atoms with E-state index in [-0.39, 0.29) is 29.2 Å². The van der Waals surface area contributed by atoms with Crippen molar-refractivity contribution >= 4 is 60.7 Å². The van der Waals surface area contributed by atoms with Gasteiger partial charge in [0.25, 0.3) is 0 Å². The quantitative estimate of drug-likeness (QED) is 0.672. The van der Waals surface area contributed by atoms with E-state index in [4.69, 9.17) is 11.6 Å². The van der Waals surface area contributed by atoms with E-state index in [0.29, 0.717) is 18.0 Å². The number of thioether (sulfide) groups is 1. The number of amides is 1. The molecule has 3 rings (SSSR count). The fraction of sp³-hybridized carbons (Fsp3) is 0.500. The summed E-state index contributed by atoms with van der Waals surface area (Å²) in [6, 6.07) is 5.37. The lowest BCUT2D eigenvalue weighted by molar-refractivity contribution is -0.130. The van der Waals surface area contributed by atoms with Crippen LogP contribution in [0.15, 0.2) is 22.5 Å². The topological polar surface area (TPSA) is 67.3 Å². The molecule has 0 unspecified atom stereocenters. The summed E-state index contributed by atoms with van der Waals surface area (Å²) in [7, 11) is -3.00. The van der Waals surface area contributed by atoms with Crippen LogP contribution in [0.3, 0.4) is 0 Å². The maximum absolute atomic E-state index is 12.6. The number of sulfone groups is 1. The standard InChI is InChI=1S/C16H19ClN2O3S3/c1-2-6-19(12-5-7-25(21,22)10-12)15(20)9-23-16-18-13-8-11(17)3-4-14(13)24-16/h3-4,8,12H,2,5-7,9-10H2,1H3/t12-/m1/s1. The van der Waals surface area contributed by atoms with Crippen LogP contribution in [0.2, 0.25) is 5.02 Å². The highest BCUT2D eigenvalue weighted by Crippen LogP contribution is 2.31. The number of carbonyl (C=O) groups is 1. The van der Waals surface area contributed by atoms with Crippen molar-refractivity contribution in [3.05, 3.63) is 23.2 Å². The SMILES string of the molecule is CCCN(C(=O)CSc1nc2cc(Cl)ccc2s1)[C@@H]1CCS(=O)(=O)C1. The van der Waals surface area contributed by atoms with Crippen LogP contribution in [0.4, 0.5) is 0 Å². The van der Waals surface area contributed by atoms with Gasteiger partial charge in [-0.1, -0.05) is 30.3 Å². The minimum absolute atomic E-state index is 0.0220. The van der Waals surface area contributed by atoms with Crippen molar-refractivity contribution in [3.63, 3.8) is 0 Å². The molecule has 9 heteroatoms. The molecule has 25 heavy (non-hydrogen) atoms. The molecule has 0 spiro atoms. The van der Waals surface area contributed by atoms with Gasteiger partial charge in [0, 0.05) is 17.6 Å². The second-order valence-corrected chi connectivity index (χ2v) is 10.9. The van der Waals surface area contributed by atoms with Crippen LogP contribution in [0.1, 0.15) is 19.8 Å². The minimum atomic E-state index is -3.00. The molecule has 2 aromatic rings. The lowest BCUT2D eigenvalue weighted by atomic mass is 10.2. The number of nitrogens with zero attached hydrogens (tertiary/aromatic N) is 2. The van der Waals surface area contributed by atoms with Crippen molar-refractivity contribution in [1.82, 2.24) is 9.88 Å². The predicted molar refractivity (Wildman–Crippen MR) is 104 cm³/mol. The van der Waals surface area contributed by atoms with E-state index in [1.807, 2.05) is 25.1 Å². The van der Waals surface area contributed by atoms with Crippen molar-refractivity contribution in [1.29, 1.82) is 0 Å². The van der Waals surface area contributed by atoms with Crippen LogP contribution in [-0.4, -0.2) is 54.1 Å². The predicted octanol–water partition coefficient (Wildman–Crippen LogP) is 3.47. The maximum Gasteiger partial charge on any atom is 0.233 e. The van der Waals surface area contributed by atoms with Crippen LogP contribution >= 0.6 is 34.7 Å². The number of thiazole rings is 1. The summed E-state index contributed by atoms with van der Waals surface area (Å²) in [6.45, 7) is 2.59. The van der Waals surface area contributed by atoms with E-state index < -0.39 is 9.84 Å². The second-order valence-electron chi connectivity index (χ2n) is 6.02. The molecule has 0 N–H and O–H groups in total. The van der Waals surface area contributed by atoms with E-state index in [2.05, 4.69) is 4.98 Å². The molecular formula is C16H19ClN2O3S3. The zero-order chi connectivity index (χ0) is 18.0. The van der Waals surface area contributed by atoms with Crippen LogP contribution < -0.4 is 0 Å². The molecule has 1 fully saturated rings. The number of aromatic nitrogens is 1. The Morgan fingerprint density at radius 1 is 1.48 bits per heavy atom. The van der Waals surface area contributed by atoms with Crippen LogP contribution in [0, 0.1) is 0 Å². The average molecular weight is 419 g/mol. The van der Waals surface area contributed by atoms with Crippen molar-refractivity contribution in [2.75, 3.05) is 23.8 Å². The molecule has 1 saturated heterocycles. The summed E-state index contributed by atoms with van der Waals surface area (Å²) in [5, 5.41) is 0.641. The van der Waals surface area contributed by atoms with E-state index in [1.165, 1.54) is 23.1 Å².